The molecule has 2 aromatic rings. The molecule has 0 saturated heterocycles. The molecule has 1 unspecified atom stereocenters. The first-order valence-electron chi connectivity index (χ1n) is 6.77. The SMILES string of the molecule is CC(N)Cc1ccc(Sc2n[nH]c(=O)n2C(C)C)cc1Cl. The van der Waals surface area contributed by atoms with Gasteiger partial charge >= 0.3 is 5.69 Å². The summed E-state index contributed by atoms with van der Waals surface area (Å²) in [5, 5.41) is 7.85. The maximum absolute atomic E-state index is 11.7. The third-order valence-electron chi connectivity index (χ3n) is 2.96. The van der Waals surface area contributed by atoms with Gasteiger partial charge in [-0.3, -0.25) is 4.57 Å². The van der Waals surface area contributed by atoms with Crippen molar-refractivity contribution in [3.05, 3.63) is 39.3 Å². The van der Waals surface area contributed by atoms with Gasteiger partial charge in [0.05, 0.1) is 0 Å². The Morgan fingerprint density at radius 2 is 2.14 bits per heavy atom. The highest BCUT2D eigenvalue weighted by molar-refractivity contribution is 7.99. The van der Waals surface area contributed by atoms with E-state index in [1.807, 2.05) is 39.0 Å². The maximum Gasteiger partial charge on any atom is 0.344 e. The van der Waals surface area contributed by atoms with E-state index in [1.165, 1.54) is 11.8 Å². The predicted molar refractivity (Wildman–Crippen MR) is 86.2 cm³/mol. The van der Waals surface area contributed by atoms with Crippen LogP contribution in [0.3, 0.4) is 0 Å². The fourth-order valence-corrected chi connectivity index (χ4v) is 3.36. The van der Waals surface area contributed by atoms with Gasteiger partial charge in [-0.15, -0.1) is 5.10 Å². The summed E-state index contributed by atoms with van der Waals surface area (Å²) in [5.41, 5.74) is 6.62. The summed E-state index contributed by atoms with van der Waals surface area (Å²) in [6.45, 7) is 5.84. The van der Waals surface area contributed by atoms with Crippen molar-refractivity contribution in [3.8, 4) is 0 Å². The third kappa shape index (κ3) is 3.90. The number of nitrogens with zero attached hydrogens (tertiary/aromatic N) is 2. The van der Waals surface area contributed by atoms with Crippen LogP contribution in [0.2, 0.25) is 5.02 Å². The molecule has 114 valence electrons. The minimum atomic E-state index is -0.202. The van der Waals surface area contributed by atoms with Crippen LogP contribution in [0.25, 0.3) is 0 Å². The lowest BCUT2D eigenvalue weighted by molar-refractivity contribution is 0.534. The van der Waals surface area contributed by atoms with Crippen molar-refractivity contribution in [2.24, 2.45) is 5.73 Å². The van der Waals surface area contributed by atoms with Gasteiger partial charge in [-0.1, -0.05) is 17.7 Å². The van der Waals surface area contributed by atoms with Gasteiger partial charge in [0.1, 0.15) is 0 Å². The summed E-state index contributed by atoms with van der Waals surface area (Å²) in [4.78, 5) is 12.6. The van der Waals surface area contributed by atoms with E-state index in [0.717, 1.165) is 16.9 Å². The average Bonchev–Trinajstić information content (AvgIpc) is 2.73. The Bertz CT molecular complexity index is 678. The molecular formula is C14H19ClN4OS. The van der Waals surface area contributed by atoms with E-state index >= 15 is 0 Å². The van der Waals surface area contributed by atoms with E-state index in [2.05, 4.69) is 10.2 Å². The molecule has 0 amide bonds. The third-order valence-corrected chi connectivity index (χ3v) is 4.28. The zero-order valence-corrected chi connectivity index (χ0v) is 13.8. The summed E-state index contributed by atoms with van der Waals surface area (Å²) in [7, 11) is 0. The summed E-state index contributed by atoms with van der Waals surface area (Å²) in [6.07, 6.45) is 0.739. The Labute approximate surface area is 132 Å². The summed E-state index contributed by atoms with van der Waals surface area (Å²) >= 11 is 7.69. The van der Waals surface area contributed by atoms with Crippen LogP contribution in [0.1, 0.15) is 32.4 Å². The molecule has 0 aliphatic rings. The molecule has 1 aromatic heterocycles. The molecule has 0 aliphatic carbocycles. The van der Waals surface area contributed by atoms with Crippen LogP contribution in [0.4, 0.5) is 0 Å². The Morgan fingerprint density at radius 1 is 1.43 bits per heavy atom. The van der Waals surface area contributed by atoms with Gasteiger partial charge in [-0.05, 0) is 56.7 Å². The highest BCUT2D eigenvalue weighted by Gasteiger charge is 2.13. The molecule has 0 fully saturated rings. The number of aromatic amines is 1. The largest absolute Gasteiger partial charge is 0.344 e. The number of nitrogens with two attached hydrogens (primary N) is 1. The minimum Gasteiger partial charge on any atom is -0.328 e. The first-order chi connectivity index (χ1) is 9.88. The molecule has 1 atom stereocenters. The topological polar surface area (TPSA) is 76.7 Å². The second-order valence-corrected chi connectivity index (χ2v) is 6.76. The van der Waals surface area contributed by atoms with E-state index in [9.17, 15) is 4.79 Å². The average molecular weight is 327 g/mol. The van der Waals surface area contributed by atoms with Crippen molar-refractivity contribution in [1.29, 1.82) is 0 Å². The van der Waals surface area contributed by atoms with Gasteiger partial charge < -0.3 is 5.73 Å². The number of hydrogen-bond donors (Lipinski definition) is 2. The van der Waals surface area contributed by atoms with Gasteiger partial charge in [0.15, 0.2) is 5.16 Å². The summed E-state index contributed by atoms with van der Waals surface area (Å²) < 4.78 is 1.62. The lowest BCUT2D eigenvalue weighted by Crippen LogP contribution is -2.19. The standard InChI is InChI=1S/C14H19ClN4OS/c1-8(2)19-13(20)17-18-14(19)21-11-5-4-10(6-9(3)16)12(15)7-11/h4-5,7-9H,6,16H2,1-3H3,(H,17,20). The molecular weight excluding hydrogens is 308 g/mol. The lowest BCUT2D eigenvalue weighted by Gasteiger charge is -2.10. The van der Waals surface area contributed by atoms with Crippen LogP contribution < -0.4 is 11.4 Å². The second kappa shape index (κ2) is 6.68. The van der Waals surface area contributed by atoms with Crippen molar-refractivity contribution in [3.63, 3.8) is 0 Å². The summed E-state index contributed by atoms with van der Waals surface area (Å²) in [5.74, 6) is 0. The Morgan fingerprint density at radius 3 is 2.71 bits per heavy atom. The number of rotatable bonds is 5. The smallest absolute Gasteiger partial charge is 0.328 e. The zero-order chi connectivity index (χ0) is 15.6. The van der Waals surface area contributed by atoms with Crippen LogP contribution in [0.5, 0.6) is 0 Å². The Balaban J connectivity index is 2.25. The Kier molecular flexibility index (Phi) is 5.13. The van der Waals surface area contributed by atoms with Crippen molar-refractivity contribution in [2.45, 2.75) is 49.3 Å². The van der Waals surface area contributed by atoms with Gasteiger partial charge in [0.25, 0.3) is 0 Å². The molecule has 7 heteroatoms. The van der Waals surface area contributed by atoms with Crippen molar-refractivity contribution < 1.29 is 0 Å². The number of halogens is 1. The fraction of sp³-hybridized carbons (Fsp3) is 0.429. The normalized spacial score (nSPS) is 12.9. The van der Waals surface area contributed by atoms with Crippen LogP contribution in [-0.2, 0) is 6.42 Å². The first kappa shape index (κ1) is 16.1. The maximum atomic E-state index is 11.7. The van der Waals surface area contributed by atoms with E-state index in [-0.39, 0.29) is 17.8 Å². The monoisotopic (exact) mass is 326 g/mol. The van der Waals surface area contributed by atoms with Crippen molar-refractivity contribution in [1.82, 2.24) is 14.8 Å². The van der Waals surface area contributed by atoms with Crippen LogP contribution in [0.15, 0.2) is 33.0 Å². The van der Waals surface area contributed by atoms with Crippen LogP contribution >= 0.6 is 23.4 Å². The predicted octanol–water partition coefficient (Wildman–Crippen LogP) is 2.85. The summed E-state index contributed by atoms with van der Waals surface area (Å²) in [6, 6.07) is 5.94. The Hall–Kier alpha value is -1.24. The molecule has 3 N–H and O–H groups in total. The number of H-pyrrole nitrogens is 1. The molecule has 2 rings (SSSR count). The van der Waals surface area contributed by atoms with E-state index in [4.69, 9.17) is 17.3 Å². The molecule has 21 heavy (non-hydrogen) atoms. The van der Waals surface area contributed by atoms with Gasteiger partial charge in [-0.25, -0.2) is 9.89 Å². The number of nitrogens with one attached hydrogen (secondary N) is 1. The lowest BCUT2D eigenvalue weighted by atomic mass is 10.1. The molecule has 0 spiro atoms. The van der Waals surface area contributed by atoms with E-state index < -0.39 is 0 Å². The van der Waals surface area contributed by atoms with Crippen LogP contribution in [-0.4, -0.2) is 20.8 Å². The molecule has 5 nitrogen and oxygen atoms in total. The molecule has 0 saturated carbocycles. The van der Waals surface area contributed by atoms with E-state index in [0.29, 0.717) is 10.2 Å². The van der Waals surface area contributed by atoms with Gasteiger partial charge in [-0.2, -0.15) is 0 Å². The number of hydrogen-bond acceptors (Lipinski definition) is 4. The van der Waals surface area contributed by atoms with Crippen LogP contribution in [0, 0.1) is 0 Å². The molecule has 0 aliphatic heterocycles. The van der Waals surface area contributed by atoms with Crippen molar-refractivity contribution in [2.75, 3.05) is 0 Å². The van der Waals surface area contributed by atoms with Crippen molar-refractivity contribution >= 4 is 23.4 Å². The molecule has 0 bridgehead atoms. The first-order valence-corrected chi connectivity index (χ1v) is 7.96. The quantitative estimate of drug-likeness (QED) is 0.885. The van der Waals surface area contributed by atoms with E-state index in [1.54, 1.807) is 4.57 Å². The van der Waals surface area contributed by atoms with Gasteiger partial charge in [0, 0.05) is 22.0 Å². The van der Waals surface area contributed by atoms with Gasteiger partial charge in [0.2, 0.25) is 0 Å². The second-order valence-electron chi connectivity index (χ2n) is 5.31. The number of aromatic nitrogens is 3. The molecule has 1 aromatic carbocycles. The number of benzene rings is 1. The fourth-order valence-electron chi connectivity index (χ4n) is 2.03. The zero-order valence-electron chi connectivity index (χ0n) is 12.3. The molecule has 0 radical (unpaired) electrons. The highest BCUT2D eigenvalue weighted by atomic mass is 35.5. The highest BCUT2D eigenvalue weighted by Crippen LogP contribution is 2.30. The molecule has 1 heterocycles. The minimum absolute atomic E-state index is 0.0478.